The van der Waals surface area contributed by atoms with Crippen LogP contribution in [0.25, 0.3) is 10.2 Å². The second-order valence-electron chi connectivity index (χ2n) is 6.85. The molecule has 1 amide bonds. The first-order chi connectivity index (χ1) is 13.0. The molecule has 0 radical (unpaired) electrons. The zero-order chi connectivity index (χ0) is 19.4. The van der Waals surface area contributed by atoms with Crippen LogP contribution in [0.2, 0.25) is 0 Å². The number of nitrogens with one attached hydrogen (secondary N) is 1. The third-order valence-electron chi connectivity index (χ3n) is 4.24. The fourth-order valence-corrected chi connectivity index (χ4v) is 4.50. The van der Waals surface area contributed by atoms with Crippen LogP contribution in [0.15, 0.2) is 51.7 Å². The van der Waals surface area contributed by atoms with E-state index in [4.69, 9.17) is 0 Å². The monoisotopic (exact) mass is 401 g/mol. The number of amides is 1. The normalized spacial score (nSPS) is 12.4. The topological polar surface area (TPSA) is 64.0 Å². The molecule has 0 saturated carbocycles. The van der Waals surface area contributed by atoms with E-state index in [0.717, 1.165) is 12.0 Å². The van der Waals surface area contributed by atoms with E-state index < -0.39 is 0 Å². The van der Waals surface area contributed by atoms with Crippen LogP contribution in [0.4, 0.5) is 0 Å². The van der Waals surface area contributed by atoms with Gasteiger partial charge in [-0.15, -0.1) is 11.3 Å². The Morgan fingerprint density at radius 2 is 2.00 bits per heavy atom. The number of carbonyl (C=O) groups is 1. The maximum absolute atomic E-state index is 12.5. The van der Waals surface area contributed by atoms with E-state index in [1.165, 1.54) is 27.7 Å². The molecule has 3 rings (SSSR count). The zero-order valence-corrected chi connectivity index (χ0v) is 17.3. The SMILES string of the molecule is CC(C)CC(NC(=O)CSc1nc2sccc2c(=O)n1C)c1ccccc1. The molecule has 5 nitrogen and oxygen atoms in total. The van der Waals surface area contributed by atoms with Gasteiger partial charge in [-0.1, -0.05) is 55.9 Å². The van der Waals surface area contributed by atoms with E-state index in [9.17, 15) is 9.59 Å². The molecule has 3 aromatic rings. The predicted molar refractivity (Wildman–Crippen MR) is 112 cm³/mol. The number of aromatic nitrogens is 2. The van der Waals surface area contributed by atoms with Crippen molar-refractivity contribution >= 4 is 39.2 Å². The summed E-state index contributed by atoms with van der Waals surface area (Å²) in [4.78, 5) is 30.1. The fraction of sp³-hybridized carbons (Fsp3) is 0.350. The number of benzene rings is 1. The van der Waals surface area contributed by atoms with Gasteiger partial charge in [-0.25, -0.2) is 4.98 Å². The summed E-state index contributed by atoms with van der Waals surface area (Å²) in [6.07, 6.45) is 0.873. The molecule has 1 N–H and O–H groups in total. The average Bonchev–Trinajstić information content (AvgIpc) is 3.12. The molecule has 27 heavy (non-hydrogen) atoms. The molecule has 1 atom stereocenters. The number of thioether (sulfide) groups is 1. The Balaban J connectivity index is 1.69. The lowest BCUT2D eigenvalue weighted by Crippen LogP contribution is -2.31. The highest BCUT2D eigenvalue weighted by atomic mass is 32.2. The highest BCUT2D eigenvalue weighted by Gasteiger charge is 2.17. The fourth-order valence-electron chi connectivity index (χ4n) is 2.91. The van der Waals surface area contributed by atoms with E-state index in [2.05, 4.69) is 24.1 Å². The summed E-state index contributed by atoms with van der Waals surface area (Å²) in [5.74, 6) is 0.625. The summed E-state index contributed by atoms with van der Waals surface area (Å²) in [6.45, 7) is 4.29. The van der Waals surface area contributed by atoms with Gasteiger partial charge in [-0.3, -0.25) is 14.2 Å². The first-order valence-electron chi connectivity index (χ1n) is 8.87. The van der Waals surface area contributed by atoms with Crippen molar-refractivity contribution < 1.29 is 4.79 Å². The van der Waals surface area contributed by atoms with Gasteiger partial charge in [0.05, 0.1) is 17.2 Å². The second kappa shape index (κ2) is 8.71. The minimum atomic E-state index is -0.0777. The maximum Gasteiger partial charge on any atom is 0.262 e. The summed E-state index contributed by atoms with van der Waals surface area (Å²) in [6, 6.07) is 11.8. The molecule has 1 aromatic carbocycles. The van der Waals surface area contributed by atoms with Gasteiger partial charge >= 0.3 is 0 Å². The van der Waals surface area contributed by atoms with Gasteiger partial charge in [0, 0.05) is 7.05 Å². The number of fused-ring (bicyclic) bond motifs is 1. The quantitative estimate of drug-likeness (QED) is 0.480. The number of carbonyl (C=O) groups excluding carboxylic acids is 1. The van der Waals surface area contributed by atoms with Gasteiger partial charge in [0.25, 0.3) is 5.56 Å². The second-order valence-corrected chi connectivity index (χ2v) is 8.68. The van der Waals surface area contributed by atoms with Crippen molar-refractivity contribution in [2.24, 2.45) is 13.0 Å². The molecule has 1 unspecified atom stereocenters. The Bertz CT molecular complexity index is 980. The lowest BCUT2D eigenvalue weighted by Gasteiger charge is -2.21. The molecule has 0 bridgehead atoms. The highest BCUT2D eigenvalue weighted by molar-refractivity contribution is 7.99. The van der Waals surface area contributed by atoms with Gasteiger partial charge in [0.1, 0.15) is 4.83 Å². The van der Waals surface area contributed by atoms with Gasteiger partial charge in [0.15, 0.2) is 5.16 Å². The summed E-state index contributed by atoms with van der Waals surface area (Å²) >= 11 is 2.73. The van der Waals surface area contributed by atoms with Gasteiger partial charge in [-0.2, -0.15) is 0 Å². The molecule has 0 aliphatic carbocycles. The van der Waals surface area contributed by atoms with Crippen LogP contribution in [0.3, 0.4) is 0 Å². The molecular weight excluding hydrogens is 378 g/mol. The van der Waals surface area contributed by atoms with Crippen LogP contribution in [0.5, 0.6) is 0 Å². The van der Waals surface area contributed by atoms with E-state index in [0.29, 0.717) is 21.3 Å². The molecular formula is C20H23N3O2S2. The molecule has 142 valence electrons. The Labute approximate surface area is 166 Å². The number of rotatable bonds is 7. The van der Waals surface area contributed by atoms with Crippen molar-refractivity contribution in [2.45, 2.75) is 31.5 Å². The average molecular weight is 402 g/mol. The van der Waals surface area contributed by atoms with Crippen LogP contribution in [-0.4, -0.2) is 21.2 Å². The van der Waals surface area contributed by atoms with E-state index >= 15 is 0 Å². The summed E-state index contributed by atoms with van der Waals surface area (Å²) in [5, 5.41) is 6.17. The Morgan fingerprint density at radius 1 is 1.26 bits per heavy atom. The molecule has 2 heterocycles. The lowest BCUT2D eigenvalue weighted by molar-refractivity contribution is -0.119. The molecule has 0 saturated heterocycles. The smallest absolute Gasteiger partial charge is 0.262 e. The summed E-state index contributed by atoms with van der Waals surface area (Å²) in [5.41, 5.74) is 1.03. The number of nitrogens with zero attached hydrogens (tertiary/aromatic N) is 2. The minimum absolute atomic E-state index is 0.0177. The van der Waals surface area contributed by atoms with Crippen LogP contribution in [0.1, 0.15) is 31.9 Å². The van der Waals surface area contributed by atoms with Crippen molar-refractivity contribution in [3.8, 4) is 0 Å². The van der Waals surface area contributed by atoms with E-state index in [1.807, 2.05) is 35.7 Å². The first-order valence-corrected chi connectivity index (χ1v) is 10.7. The first kappa shape index (κ1) is 19.6. The van der Waals surface area contributed by atoms with Crippen molar-refractivity contribution in [1.82, 2.24) is 14.9 Å². The predicted octanol–water partition coefficient (Wildman–Crippen LogP) is 3.99. The van der Waals surface area contributed by atoms with Gasteiger partial charge < -0.3 is 5.32 Å². The molecule has 0 spiro atoms. The van der Waals surface area contributed by atoms with Crippen molar-refractivity contribution in [3.05, 3.63) is 57.7 Å². The zero-order valence-electron chi connectivity index (χ0n) is 15.6. The Morgan fingerprint density at radius 3 is 2.70 bits per heavy atom. The highest BCUT2D eigenvalue weighted by Crippen LogP contribution is 2.23. The third-order valence-corrected chi connectivity index (χ3v) is 6.08. The molecule has 0 aliphatic heterocycles. The molecule has 7 heteroatoms. The van der Waals surface area contributed by atoms with Crippen LogP contribution < -0.4 is 10.9 Å². The Kier molecular flexibility index (Phi) is 6.34. The molecule has 2 aromatic heterocycles. The van der Waals surface area contributed by atoms with Crippen molar-refractivity contribution in [1.29, 1.82) is 0 Å². The van der Waals surface area contributed by atoms with Crippen molar-refractivity contribution in [2.75, 3.05) is 5.75 Å². The largest absolute Gasteiger partial charge is 0.349 e. The maximum atomic E-state index is 12.5. The number of hydrogen-bond donors (Lipinski definition) is 1. The van der Waals surface area contributed by atoms with E-state index in [1.54, 1.807) is 13.1 Å². The minimum Gasteiger partial charge on any atom is -0.349 e. The van der Waals surface area contributed by atoms with E-state index in [-0.39, 0.29) is 23.3 Å². The number of thiophene rings is 1. The Hall–Kier alpha value is -2.12. The lowest BCUT2D eigenvalue weighted by atomic mass is 9.97. The molecule has 0 fully saturated rings. The van der Waals surface area contributed by atoms with Gasteiger partial charge in [-0.05, 0) is 29.3 Å². The van der Waals surface area contributed by atoms with Crippen LogP contribution in [0, 0.1) is 5.92 Å². The molecule has 0 aliphatic rings. The third kappa shape index (κ3) is 4.78. The summed E-state index contributed by atoms with van der Waals surface area (Å²) < 4.78 is 1.51. The van der Waals surface area contributed by atoms with Crippen LogP contribution >= 0.6 is 23.1 Å². The summed E-state index contributed by atoms with van der Waals surface area (Å²) in [7, 11) is 1.69. The van der Waals surface area contributed by atoms with Crippen LogP contribution in [-0.2, 0) is 11.8 Å². The number of hydrogen-bond acceptors (Lipinski definition) is 5. The standard InChI is InChI=1S/C20H23N3O2S2/c1-13(2)11-16(14-7-5-4-6-8-14)21-17(24)12-27-20-22-18-15(9-10-26-18)19(25)23(20)3/h4-10,13,16H,11-12H2,1-3H3,(H,21,24). The van der Waals surface area contributed by atoms with Crippen molar-refractivity contribution in [3.63, 3.8) is 0 Å². The van der Waals surface area contributed by atoms with Gasteiger partial charge in [0.2, 0.25) is 5.91 Å².